The zero-order chi connectivity index (χ0) is 13.3. The van der Waals surface area contributed by atoms with Crippen molar-refractivity contribution in [1.82, 2.24) is 0 Å². The third kappa shape index (κ3) is 2.30. The number of nitrogens with zero attached hydrogens (tertiary/aromatic N) is 1. The van der Waals surface area contributed by atoms with Crippen LogP contribution in [0.15, 0.2) is 12.1 Å². The molecule has 1 aromatic carbocycles. The van der Waals surface area contributed by atoms with Crippen molar-refractivity contribution in [1.29, 1.82) is 5.26 Å². The highest BCUT2D eigenvalue weighted by atomic mass is 35.5. The van der Waals surface area contributed by atoms with E-state index in [0.717, 1.165) is 11.3 Å². The van der Waals surface area contributed by atoms with E-state index in [2.05, 4.69) is 5.32 Å². The lowest BCUT2D eigenvalue weighted by Crippen LogP contribution is -2.43. The topological polar surface area (TPSA) is 65.3 Å². The van der Waals surface area contributed by atoms with Crippen molar-refractivity contribution >= 4 is 17.3 Å². The average Bonchev–Trinajstić information content (AvgIpc) is 2.65. The van der Waals surface area contributed by atoms with Crippen molar-refractivity contribution < 1.29 is 9.84 Å². The Morgan fingerprint density at radius 1 is 1.61 bits per heavy atom. The molecule has 1 heterocycles. The second kappa shape index (κ2) is 4.77. The number of ether oxygens (including phenoxy) is 1. The molecular formula is C13H15ClN2O2. The van der Waals surface area contributed by atoms with Crippen LogP contribution in [-0.4, -0.2) is 30.0 Å². The number of anilines is 1. The van der Waals surface area contributed by atoms with Gasteiger partial charge in [0.15, 0.2) is 0 Å². The summed E-state index contributed by atoms with van der Waals surface area (Å²) in [5.41, 5.74) is 1.18. The van der Waals surface area contributed by atoms with Gasteiger partial charge in [0.2, 0.25) is 0 Å². The summed E-state index contributed by atoms with van der Waals surface area (Å²) in [5, 5.41) is 22.7. The highest BCUT2D eigenvalue weighted by molar-refractivity contribution is 6.32. The standard InChI is InChI=1S/C13H15ClN2O2/c1-8-10(4-3-9(5-15)12(8)14)16-11-6-18-7-13(11,2)17/h3-4,11,16-17H,6-7H2,1-2H3/t11-,13-/m1/s1. The van der Waals surface area contributed by atoms with Crippen LogP contribution >= 0.6 is 11.6 Å². The quantitative estimate of drug-likeness (QED) is 0.860. The maximum absolute atomic E-state index is 10.1. The zero-order valence-corrected chi connectivity index (χ0v) is 11.1. The monoisotopic (exact) mass is 266 g/mol. The Morgan fingerprint density at radius 2 is 2.33 bits per heavy atom. The molecule has 5 heteroatoms. The van der Waals surface area contributed by atoms with Crippen molar-refractivity contribution in [2.24, 2.45) is 0 Å². The van der Waals surface area contributed by atoms with Gasteiger partial charge in [0.25, 0.3) is 0 Å². The molecule has 0 amide bonds. The highest BCUT2D eigenvalue weighted by Gasteiger charge is 2.38. The van der Waals surface area contributed by atoms with Crippen molar-refractivity contribution in [3.8, 4) is 6.07 Å². The van der Waals surface area contributed by atoms with Crippen molar-refractivity contribution in [3.63, 3.8) is 0 Å². The highest BCUT2D eigenvalue weighted by Crippen LogP contribution is 2.30. The van der Waals surface area contributed by atoms with Gasteiger partial charge in [-0.2, -0.15) is 5.26 Å². The number of hydrogen-bond acceptors (Lipinski definition) is 4. The minimum absolute atomic E-state index is 0.180. The van der Waals surface area contributed by atoms with Crippen molar-refractivity contribution in [2.75, 3.05) is 18.5 Å². The van der Waals surface area contributed by atoms with Crippen molar-refractivity contribution in [2.45, 2.75) is 25.5 Å². The van der Waals surface area contributed by atoms with Crippen LogP contribution in [0.4, 0.5) is 5.69 Å². The first-order valence-corrected chi connectivity index (χ1v) is 6.09. The van der Waals surface area contributed by atoms with E-state index in [1.807, 2.05) is 13.0 Å². The summed E-state index contributed by atoms with van der Waals surface area (Å²) in [6, 6.07) is 5.33. The lowest BCUT2D eigenvalue weighted by molar-refractivity contribution is 0.0389. The molecule has 1 aliphatic heterocycles. The van der Waals surface area contributed by atoms with E-state index in [4.69, 9.17) is 21.6 Å². The van der Waals surface area contributed by atoms with Crippen molar-refractivity contribution in [3.05, 3.63) is 28.3 Å². The van der Waals surface area contributed by atoms with Crippen LogP contribution in [0.3, 0.4) is 0 Å². The molecule has 0 unspecified atom stereocenters. The Balaban J connectivity index is 2.26. The summed E-state index contributed by atoms with van der Waals surface area (Å²) < 4.78 is 5.26. The molecule has 0 aliphatic carbocycles. The number of rotatable bonds is 2. The number of benzene rings is 1. The smallest absolute Gasteiger partial charge is 0.107 e. The Bertz CT molecular complexity index is 508. The van der Waals surface area contributed by atoms with Gasteiger partial charge >= 0.3 is 0 Å². The van der Waals surface area contributed by atoms with Crippen LogP contribution in [0, 0.1) is 18.3 Å². The molecule has 18 heavy (non-hydrogen) atoms. The lowest BCUT2D eigenvalue weighted by Gasteiger charge is -2.26. The van der Waals surface area contributed by atoms with Crippen LogP contribution in [0.5, 0.6) is 0 Å². The lowest BCUT2D eigenvalue weighted by atomic mass is 10.00. The van der Waals surface area contributed by atoms with Gasteiger partial charge in [-0.1, -0.05) is 11.6 Å². The van der Waals surface area contributed by atoms with E-state index in [0.29, 0.717) is 23.8 Å². The summed E-state index contributed by atoms with van der Waals surface area (Å²) >= 11 is 6.10. The molecule has 0 spiro atoms. The molecule has 0 saturated carbocycles. The normalized spacial score (nSPS) is 26.9. The Labute approximate surface area is 111 Å². The molecule has 0 radical (unpaired) electrons. The number of hydrogen-bond donors (Lipinski definition) is 2. The fourth-order valence-electron chi connectivity index (χ4n) is 1.98. The van der Waals surface area contributed by atoms with Crippen LogP contribution in [0.2, 0.25) is 5.02 Å². The SMILES string of the molecule is Cc1c(N[C@@H]2COC[C@@]2(C)O)ccc(C#N)c1Cl. The number of halogens is 1. The van der Waals surface area contributed by atoms with E-state index in [1.54, 1.807) is 19.1 Å². The van der Waals surface area contributed by atoms with Crippen LogP contribution < -0.4 is 5.32 Å². The second-order valence-corrected chi connectivity index (χ2v) is 5.16. The predicted molar refractivity (Wildman–Crippen MR) is 69.8 cm³/mol. The largest absolute Gasteiger partial charge is 0.386 e. The van der Waals surface area contributed by atoms with Crippen LogP contribution in [0.25, 0.3) is 0 Å². The molecule has 2 rings (SSSR count). The summed E-state index contributed by atoms with van der Waals surface area (Å²) in [6.07, 6.45) is 0. The number of nitriles is 1. The van der Waals surface area contributed by atoms with Gasteiger partial charge in [-0.25, -0.2) is 0 Å². The van der Waals surface area contributed by atoms with E-state index >= 15 is 0 Å². The fourth-order valence-corrected chi connectivity index (χ4v) is 2.18. The zero-order valence-electron chi connectivity index (χ0n) is 10.3. The molecule has 0 bridgehead atoms. The maximum Gasteiger partial charge on any atom is 0.107 e. The van der Waals surface area contributed by atoms with E-state index < -0.39 is 5.60 Å². The first-order chi connectivity index (χ1) is 8.45. The molecule has 2 atom stereocenters. The molecule has 96 valence electrons. The predicted octanol–water partition coefficient (Wildman–Crippen LogP) is 2.08. The van der Waals surface area contributed by atoms with Gasteiger partial charge in [-0.3, -0.25) is 0 Å². The molecule has 2 N–H and O–H groups in total. The van der Waals surface area contributed by atoms with Gasteiger partial charge < -0.3 is 15.2 Å². The molecule has 0 aromatic heterocycles. The average molecular weight is 267 g/mol. The third-order valence-electron chi connectivity index (χ3n) is 3.27. The van der Waals surface area contributed by atoms with Crippen LogP contribution in [0.1, 0.15) is 18.1 Å². The fraction of sp³-hybridized carbons (Fsp3) is 0.462. The second-order valence-electron chi connectivity index (χ2n) is 4.78. The van der Waals surface area contributed by atoms with Gasteiger partial charge in [0.05, 0.1) is 29.8 Å². The molecule has 1 saturated heterocycles. The maximum atomic E-state index is 10.1. The molecule has 1 fully saturated rings. The minimum Gasteiger partial charge on any atom is -0.386 e. The Hall–Kier alpha value is -1.28. The summed E-state index contributed by atoms with van der Waals surface area (Å²) in [6.45, 7) is 4.34. The first kappa shape index (κ1) is 13.2. The molecule has 1 aromatic rings. The van der Waals surface area contributed by atoms with Gasteiger partial charge in [0.1, 0.15) is 11.7 Å². The number of aliphatic hydroxyl groups is 1. The van der Waals surface area contributed by atoms with E-state index in [1.165, 1.54) is 0 Å². The first-order valence-electron chi connectivity index (χ1n) is 5.71. The molecular weight excluding hydrogens is 252 g/mol. The van der Waals surface area contributed by atoms with Crippen LogP contribution in [-0.2, 0) is 4.74 Å². The third-order valence-corrected chi connectivity index (χ3v) is 3.75. The molecule has 1 aliphatic rings. The van der Waals surface area contributed by atoms with Gasteiger partial charge in [-0.05, 0) is 31.5 Å². The Kier molecular flexibility index (Phi) is 3.49. The number of nitrogens with one attached hydrogen (secondary N) is 1. The minimum atomic E-state index is -0.896. The Morgan fingerprint density at radius 3 is 2.89 bits per heavy atom. The summed E-state index contributed by atoms with van der Waals surface area (Å²) in [7, 11) is 0. The summed E-state index contributed by atoms with van der Waals surface area (Å²) in [5.74, 6) is 0. The van der Waals surface area contributed by atoms with Gasteiger partial charge in [0, 0.05) is 5.69 Å². The van der Waals surface area contributed by atoms with E-state index in [9.17, 15) is 5.11 Å². The van der Waals surface area contributed by atoms with E-state index in [-0.39, 0.29) is 6.04 Å². The summed E-state index contributed by atoms with van der Waals surface area (Å²) in [4.78, 5) is 0. The van der Waals surface area contributed by atoms with Gasteiger partial charge in [-0.15, -0.1) is 0 Å². The molecule has 4 nitrogen and oxygen atoms in total.